The molecule has 1 aromatic rings. The van der Waals surface area contributed by atoms with Crippen LogP contribution in [0.4, 0.5) is 5.69 Å². The molecule has 1 aromatic carbocycles. The molecule has 11 heteroatoms. The lowest BCUT2D eigenvalue weighted by atomic mass is 9.97. The highest BCUT2D eigenvalue weighted by Crippen LogP contribution is 2.33. The molecule has 1 aliphatic heterocycles. The number of benzene rings is 1. The zero-order chi connectivity index (χ0) is 18.7. The lowest BCUT2D eigenvalue weighted by Crippen LogP contribution is -2.65. The van der Waals surface area contributed by atoms with Gasteiger partial charge in [0.2, 0.25) is 17.9 Å². The van der Waals surface area contributed by atoms with Gasteiger partial charge >= 0.3 is 5.69 Å². The van der Waals surface area contributed by atoms with Crippen LogP contribution >= 0.6 is 0 Å². The van der Waals surface area contributed by atoms with Crippen LogP contribution in [-0.2, 0) is 9.53 Å². The average molecular weight is 358 g/mol. The first-order valence-electron chi connectivity index (χ1n) is 7.28. The van der Waals surface area contributed by atoms with Crippen LogP contribution in [0.2, 0.25) is 0 Å². The van der Waals surface area contributed by atoms with E-state index >= 15 is 0 Å². The largest absolute Gasteiger partial charge is 0.508 e. The number of phenols is 1. The number of nitrogens with zero attached hydrogens (tertiary/aromatic N) is 1. The van der Waals surface area contributed by atoms with E-state index in [9.17, 15) is 35.3 Å². The van der Waals surface area contributed by atoms with Crippen LogP contribution in [0.25, 0.3) is 0 Å². The Morgan fingerprint density at radius 3 is 2.64 bits per heavy atom. The van der Waals surface area contributed by atoms with Crippen LogP contribution in [0.1, 0.15) is 6.92 Å². The highest BCUT2D eigenvalue weighted by Gasteiger charge is 2.46. The third-order valence-electron chi connectivity index (χ3n) is 3.63. The molecule has 138 valence electrons. The topological polar surface area (TPSA) is 172 Å². The van der Waals surface area contributed by atoms with Crippen molar-refractivity contribution in [3.8, 4) is 11.5 Å². The number of hydrogen-bond acceptors (Lipinski definition) is 9. The van der Waals surface area contributed by atoms with Crippen LogP contribution in [-0.4, -0.2) is 68.5 Å². The Bertz CT molecular complexity index is 653. The second-order valence-electron chi connectivity index (χ2n) is 5.46. The Morgan fingerprint density at radius 2 is 2.08 bits per heavy atom. The number of nitrogens with one attached hydrogen (secondary N) is 1. The molecule has 1 amide bonds. The van der Waals surface area contributed by atoms with E-state index in [1.807, 2.05) is 0 Å². The van der Waals surface area contributed by atoms with Gasteiger partial charge in [0.15, 0.2) is 0 Å². The Hall–Kier alpha value is -2.47. The first-order chi connectivity index (χ1) is 11.7. The normalized spacial score (nSPS) is 29.0. The van der Waals surface area contributed by atoms with Crippen LogP contribution in [0, 0.1) is 10.1 Å². The SMILES string of the molecule is CC(=O)N[C@H]1C(Oc2cc(O)ccc2[N+](=O)[O-])O[C@H](CO)[C@@H](O)[C@@H]1O. The van der Waals surface area contributed by atoms with Crippen molar-refractivity contribution in [3.05, 3.63) is 28.3 Å². The van der Waals surface area contributed by atoms with Crippen LogP contribution in [0.5, 0.6) is 11.5 Å². The summed E-state index contributed by atoms with van der Waals surface area (Å²) in [5.41, 5.74) is -0.482. The van der Waals surface area contributed by atoms with Crippen molar-refractivity contribution in [2.45, 2.75) is 37.6 Å². The van der Waals surface area contributed by atoms with E-state index < -0.39 is 53.8 Å². The van der Waals surface area contributed by atoms with Gasteiger partial charge in [-0.25, -0.2) is 0 Å². The van der Waals surface area contributed by atoms with Crippen molar-refractivity contribution < 1.29 is 39.6 Å². The number of aliphatic hydroxyl groups is 3. The standard InChI is InChI=1S/C14H18N2O9/c1-6(18)15-11-13(21)12(20)10(5-17)25-14(11)24-9-4-7(19)2-3-8(9)16(22)23/h2-4,10-14,17,19-21H,5H2,1H3,(H,15,18)/t10-,11-,12-,13-,14?/m1/s1. The van der Waals surface area contributed by atoms with Gasteiger partial charge in [-0.2, -0.15) is 0 Å². The molecule has 0 radical (unpaired) electrons. The van der Waals surface area contributed by atoms with Crippen LogP contribution < -0.4 is 10.1 Å². The van der Waals surface area contributed by atoms with E-state index in [0.29, 0.717) is 0 Å². The van der Waals surface area contributed by atoms with Crippen LogP contribution in [0.15, 0.2) is 18.2 Å². The molecule has 11 nitrogen and oxygen atoms in total. The fraction of sp³-hybridized carbons (Fsp3) is 0.500. The van der Waals surface area contributed by atoms with Crippen molar-refractivity contribution in [1.82, 2.24) is 5.32 Å². The van der Waals surface area contributed by atoms with E-state index in [1.165, 1.54) is 0 Å². The molecular weight excluding hydrogens is 340 g/mol. The summed E-state index contributed by atoms with van der Waals surface area (Å²) in [5, 5.41) is 52.2. The third-order valence-corrected chi connectivity index (χ3v) is 3.63. The molecule has 1 saturated heterocycles. The number of nitro benzene ring substituents is 1. The molecule has 1 heterocycles. The predicted molar refractivity (Wildman–Crippen MR) is 80.8 cm³/mol. The summed E-state index contributed by atoms with van der Waals surface area (Å²) < 4.78 is 10.7. The van der Waals surface area contributed by atoms with Gasteiger partial charge in [0.25, 0.3) is 0 Å². The first kappa shape index (κ1) is 18.9. The number of carbonyl (C=O) groups excluding carboxylic acids is 1. The highest BCUT2D eigenvalue weighted by molar-refractivity contribution is 5.73. The monoisotopic (exact) mass is 358 g/mol. The van der Waals surface area contributed by atoms with Crippen molar-refractivity contribution in [3.63, 3.8) is 0 Å². The molecule has 0 spiro atoms. The molecule has 0 aromatic heterocycles. The van der Waals surface area contributed by atoms with Gasteiger partial charge in [-0.15, -0.1) is 0 Å². The van der Waals surface area contributed by atoms with Gasteiger partial charge in [0, 0.05) is 19.1 Å². The van der Waals surface area contributed by atoms with Gasteiger partial charge in [-0.1, -0.05) is 0 Å². The first-order valence-corrected chi connectivity index (χ1v) is 7.28. The fourth-order valence-electron chi connectivity index (χ4n) is 2.44. The number of phenolic OH excluding ortho intramolecular Hbond substituents is 1. The summed E-state index contributed by atoms with van der Waals surface area (Å²) in [6.07, 6.45) is -5.77. The molecule has 1 fully saturated rings. The Labute approximate surface area is 141 Å². The number of aromatic hydroxyl groups is 1. The second kappa shape index (κ2) is 7.61. The van der Waals surface area contributed by atoms with E-state index in [2.05, 4.69) is 5.32 Å². The smallest absolute Gasteiger partial charge is 0.311 e. The second-order valence-corrected chi connectivity index (χ2v) is 5.46. The third kappa shape index (κ3) is 4.14. The van der Waals surface area contributed by atoms with Gasteiger partial charge < -0.3 is 35.2 Å². The molecule has 0 bridgehead atoms. The maximum absolute atomic E-state index is 11.3. The van der Waals surface area contributed by atoms with Gasteiger partial charge in [0.1, 0.15) is 30.1 Å². The minimum absolute atomic E-state index is 0.313. The summed E-state index contributed by atoms with van der Waals surface area (Å²) in [7, 11) is 0. The Morgan fingerprint density at radius 1 is 1.40 bits per heavy atom. The maximum Gasteiger partial charge on any atom is 0.311 e. The minimum Gasteiger partial charge on any atom is -0.508 e. The lowest BCUT2D eigenvalue weighted by molar-refractivity contribution is -0.386. The van der Waals surface area contributed by atoms with Crippen molar-refractivity contribution in [1.29, 1.82) is 0 Å². The van der Waals surface area contributed by atoms with Crippen LogP contribution in [0.3, 0.4) is 0 Å². The molecule has 2 rings (SSSR count). The molecule has 5 atom stereocenters. The zero-order valence-corrected chi connectivity index (χ0v) is 13.1. The number of hydrogen-bond donors (Lipinski definition) is 5. The van der Waals surface area contributed by atoms with E-state index in [-0.39, 0.29) is 11.5 Å². The number of nitro groups is 1. The van der Waals surface area contributed by atoms with E-state index in [1.54, 1.807) is 0 Å². The van der Waals surface area contributed by atoms with E-state index in [4.69, 9.17) is 9.47 Å². The molecule has 1 unspecified atom stereocenters. The number of aliphatic hydroxyl groups excluding tert-OH is 3. The summed E-state index contributed by atoms with van der Waals surface area (Å²) in [6, 6.07) is 1.80. The molecular formula is C14H18N2O9. The van der Waals surface area contributed by atoms with E-state index in [0.717, 1.165) is 25.1 Å². The Balaban J connectivity index is 2.35. The summed E-state index contributed by atoms with van der Waals surface area (Å²) in [6.45, 7) is 0.498. The maximum atomic E-state index is 11.3. The van der Waals surface area contributed by atoms with Crippen molar-refractivity contribution in [2.24, 2.45) is 0 Å². The molecule has 25 heavy (non-hydrogen) atoms. The Kier molecular flexibility index (Phi) is 5.74. The predicted octanol–water partition coefficient (Wildman–Crippen LogP) is -1.38. The number of amides is 1. The minimum atomic E-state index is -1.56. The van der Waals surface area contributed by atoms with Crippen molar-refractivity contribution >= 4 is 11.6 Å². The molecule has 1 aliphatic rings. The number of rotatable bonds is 5. The van der Waals surface area contributed by atoms with Gasteiger partial charge in [-0.3, -0.25) is 14.9 Å². The van der Waals surface area contributed by atoms with Gasteiger partial charge in [-0.05, 0) is 6.07 Å². The fourth-order valence-corrected chi connectivity index (χ4v) is 2.44. The average Bonchev–Trinajstić information content (AvgIpc) is 2.53. The quantitative estimate of drug-likeness (QED) is 0.314. The van der Waals surface area contributed by atoms with Crippen molar-refractivity contribution in [2.75, 3.05) is 6.61 Å². The summed E-state index contributed by atoms with van der Waals surface area (Å²) >= 11 is 0. The lowest BCUT2D eigenvalue weighted by Gasteiger charge is -2.41. The number of ether oxygens (including phenoxy) is 2. The highest BCUT2D eigenvalue weighted by atomic mass is 16.7. The molecule has 5 N–H and O–H groups in total. The van der Waals surface area contributed by atoms with Gasteiger partial charge in [0.05, 0.1) is 11.5 Å². The summed E-state index contributed by atoms with van der Waals surface area (Å²) in [5.74, 6) is -1.25. The zero-order valence-electron chi connectivity index (χ0n) is 13.1. The molecule has 0 aliphatic carbocycles. The number of carbonyl (C=O) groups is 1. The summed E-state index contributed by atoms with van der Waals surface area (Å²) in [4.78, 5) is 21.7. The molecule has 0 saturated carbocycles.